The molecule has 7 nitrogen and oxygen atoms in total. The molecule has 5 N–H and O–H groups in total. The van der Waals surface area contributed by atoms with Gasteiger partial charge in [-0.05, 0) is 60.4 Å². The predicted molar refractivity (Wildman–Crippen MR) is 151 cm³/mol. The van der Waals surface area contributed by atoms with Gasteiger partial charge in [-0.25, -0.2) is 8.78 Å². The van der Waals surface area contributed by atoms with Gasteiger partial charge in [-0.15, -0.1) is 0 Å². The molecule has 5 atom stereocenters. The van der Waals surface area contributed by atoms with Crippen LogP contribution in [0.2, 0.25) is 10.0 Å². The number of rotatable bonds is 9. The van der Waals surface area contributed by atoms with Gasteiger partial charge in [0.15, 0.2) is 0 Å². The zero-order valence-corrected chi connectivity index (χ0v) is 24.2. The van der Waals surface area contributed by atoms with Crippen LogP contribution >= 0.6 is 23.2 Å². The van der Waals surface area contributed by atoms with E-state index in [0.717, 1.165) is 0 Å². The van der Waals surface area contributed by atoms with Gasteiger partial charge in [-0.3, -0.25) is 9.59 Å². The molecule has 0 aliphatic carbocycles. The topological polar surface area (TPSA) is 111 Å². The lowest BCUT2D eigenvalue weighted by atomic mass is 9.62. The van der Waals surface area contributed by atoms with Crippen LogP contribution in [0.15, 0.2) is 30.3 Å². The largest absolute Gasteiger partial charge is 0.394 e. The molecule has 2 aromatic rings. The maximum atomic E-state index is 15.7. The van der Waals surface area contributed by atoms with Crippen LogP contribution in [0.25, 0.3) is 0 Å². The van der Waals surface area contributed by atoms with Crippen molar-refractivity contribution in [2.24, 2.45) is 5.41 Å². The van der Waals surface area contributed by atoms with Gasteiger partial charge in [0.2, 0.25) is 11.8 Å². The number of carbonyl (C=O) groups excluding carboxylic acids is 2. The van der Waals surface area contributed by atoms with Crippen LogP contribution in [0.4, 0.5) is 14.5 Å². The summed E-state index contributed by atoms with van der Waals surface area (Å²) >= 11 is 12.2. The SMILES string of the molecule is CC(C)(C)C[C@H]1N[C@@H](C(=O)NCCCC[C@H](O)CO)[C@H](c2cccc(Cl)c2F)[C@@]12C(=O)Nc1cc(Cl)c(F)cc12. The Morgan fingerprint density at radius 3 is 2.58 bits per heavy atom. The lowest BCUT2D eigenvalue weighted by Gasteiger charge is -2.37. The van der Waals surface area contributed by atoms with Gasteiger partial charge in [0.1, 0.15) is 17.0 Å². The average molecular weight is 599 g/mol. The van der Waals surface area contributed by atoms with Crippen molar-refractivity contribution in [2.45, 2.75) is 76.0 Å². The van der Waals surface area contributed by atoms with Crippen LogP contribution in [-0.4, -0.2) is 53.4 Å². The minimum absolute atomic E-state index is 0.0704. The molecule has 0 saturated carbocycles. The summed E-state index contributed by atoms with van der Waals surface area (Å²) < 4.78 is 30.7. The Labute approximate surface area is 242 Å². The number of fused-ring (bicyclic) bond motifs is 2. The fourth-order valence-corrected chi connectivity index (χ4v) is 6.43. The van der Waals surface area contributed by atoms with E-state index in [1.54, 1.807) is 6.07 Å². The third-order valence-corrected chi connectivity index (χ3v) is 8.36. The molecule has 4 rings (SSSR count). The number of aliphatic hydroxyl groups excluding tert-OH is 2. The minimum Gasteiger partial charge on any atom is -0.394 e. The quantitative estimate of drug-likeness (QED) is 0.270. The fourth-order valence-electron chi connectivity index (χ4n) is 6.08. The average Bonchev–Trinajstić information content (AvgIpc) is 3.34. The van der Waals surface area contributed by atoms with Crippen molar-refractivity contribution in [3.05, 3.63) is 63.1 Å². The second-order valence-electron chi connectivity index (χ2n) is 11.8. The third kappa shape index (κ3) is 5.72. The molecule has 1 spiro atoms. The summed E-state index contributed by atoms with van der Waals surface area (Å²) in [4.78, 5) is 27.8. The summed E-state index contributed by atoms with van der Waals surface area (Å²) in [7, 11) is 0. The van der Waals surface area contributed by atoms with Gasteiger partial charge in [0.05, 0.1) is 28.8 Å². The second-order valence-corrected chi connectivity index (χ2v) is 12.7. The number of benzene rings is 2. The van der Waals surface area contributed by atoms with Crippen molar-refractivity contribution in [3.8, 4) is 0 Å². The summed E-state index contributed by atoms with van der Waals surface area (Å²) in [5.74, 6) is -3.48. The van der Waals surface area contributed by atoms with E-state index in [0.29, 0.717) is 36.9 Å². The Morgan fingerprint density at radius 1 is 1.18 bits per heavy atom. The maximum absolute atomic E-state index is 15.7. The molecule has 11 heteroatoms. The Hall–Kier alpha value is -2.30. The highest BCUT2D eigenvalue weighted by molar-refractivity contribution is 6.31. The van der Waals surface area contributed by atoms with Crippen LogP contribution in [0.5, 0.6) is 0 Å². The molecule has 0 bridgehead atoms. The van der Waals surface area contributed by atoms with E-state index in [4.69, 9.17) is 28.3 Å². The normalized spacial score (nSPS) is 24.7. The van der Waals surface area contributed by atoms with E-state index in [-0.39, 0.29) is 34.2 Å². The molecule has 0 radical (unpaired) electrons. The van der Waals surface area contributed by atoms with Gasteiger partial charge in [-0.2, -0.15) is 0 Å². The Kier molecular flexibility index (Phi) is 9.12. The molecule has 2 aliphatic heterocycles. The number of halogens is 4. The lowest BCUT2D eigenvalue weighted by Crippen LogP contribution is -2.49. The Balaban J connectivity index is 1.82. The van der Waals surface area contributed by atoms with Gasteiger partial charge < -0.3 is 26.2 Å². The number of hydrogen-bond acceptors (Lipinski definition) is 5. The first-order chi connectivity index (χ1) is 18.8. The standard InChI is InChI=1S/C29H35Cl2F2N3O4/c1-28(2,3)13-22-29(17-11-20(32)19(31)12-21(17)35-27(29)40)23(16-8-6-9-18(30)24(16)33)25(36-22)26(39)34-10-5-4-7-15(38)14-37/h6,8-9,11-12,15,22-23,25,36-38H,4-5,7,10,13-14H2,1-3H3,(H,34,39)(H,35,40)/t15-,22+,23-,25+,29-/m0/s1. The Morgan fingerprint density at radius 2 is 1.90 bits per heavy atom. The van der Waals surface area contributed by atoms with Crippen LogP contribution in [0, 0.1) is 17.0 Å². The van der Waals surface area contributed by atoms with Crippen LogP contribution in [0.3, 0.4) is 0 Å². The van der Waals surface area contributed by atoms with E-state index in [2.05, 4.69) is 16.0 Å². The summed E-state index contributed by atoms with van der Waals surface area (Å²) in [5.41, 5.74) is -1.19. The molecule has 2 heterocycles. The molecule has 2 aliphatic rings. The molecule has 0 aromatic heterocycles. The van der Waals surface area contributed by atoms with Crippen molar-refractivity contribution in [3.63, 3.8) is 0 Å². The number of aliphatic hydroxyl groups is 2. The van der Waals surface area contributed by atoms with Gasteiger partial charge >= 0.3 is 0 Å². The third-order valence-electron chi connectivity index (χ3n) is 7.77. The van der Waals surface area contributed by atoms with Crippen LogP contribution in [-0.2, 0) is 15.0 Å². The van der Waals surface area contributed by atoms with Gasteiger partial charge in [-0.1, -0.05) is 56.1 Å². The van der Waals surface area contributed by atoms with E-state index in [9.17, 15) is 19.1 Å². The minimum atomic E-state index is -1.55. The molecule has 40 heavy (non-hydrogen) atoms. The monoisotopic (exact) mass is 597 g/mol. The highest BCUT2D eigenvalue weighted by Gasteiger charge is 2.66. The summed E-state index contributed by atoms with van der Waals surface area (Å²) in [6.07, 6.45) is 1.07. The number of unbranched alkanes of at least 4 members (excludes halogenated alkanes) is 1. The zero-order chi connectivity index (χ0) is 29.4. The molecule has 1 saturated heterocycles. The van der Waals surface area contributed by atoms with Crippen molar-refractivity contribution in [2.75, 3.05) is 18.5 Å². The maximum Gasteiger partial charge on any atom is 0.237 e. The van der Waals surface area contributed by atoms with E-state index in [1.807, 2.05) is 20.8 Å². The smallest absolute Gasteiger partial charge is 0.237 e. The molecule has 0 unspecified atom stereocenters. The number of anilines is 1. The van der Waals surface area contributed by atoms with Crippen molar-refractivity contribution in [1.29, 1.82) is 0 Å². The van der Waals surface area contributed by atoms with E-state index >= 15 is 4.39 Å². The highest BCUT2D eigenvalue weighted by atomic mass is 35.5. The molecular weight excluding hydrogens is 563 g/mol. The van der Waals surface area contributed by atoms with Crippen LogP contribution in [0.1, 0.15) is 63.5 Å². The number of hydrogen-bond donors (Lipinski definition) is 5. The van der Waals surface area contributed by atoms with Crippen molar-refractivity contribution < 1.29 is 28.6 Å². The number of nitrogens with one attached hydrogen (secondary N) is 3. The summed E-state index contributed by atoms with van der Waals surface area (Å²) in [5, 5.41) is 27.3. The van der Waals surface area contributed by atoms with Gasteiger partial charge in [0, 0.05) is 24.2 Å². The summed E-state index contributed by atoms with van der Waals surface area (Å²) in [6.45, 7) is 5.90. The highest BCUT2D eigenvalue weighted by Crippen LogP contribution is 2.57. The van der Waals surface area contributed by atoms with Crippen LogP contribution < -0.4 is 16.0 Å². The predicted octanol–water partition coefficient (Wildman–Crippen LogP) is 4.66. The first-order valence-corrected chi connectivity index (χ1v) is 14.1. The summed E-state index contributed by atoms with van der Waals surface area (Å²) in [6, 6.07) is 5.26. The van der Waals surface area contributed by atoms with Gasteiger partial charge in [0.25, 0.3) is 0 Å². The Bertz CT molecular complexity index is 1290. The van der Waals surface area contributed by atoms with E-state index in [1.165, 1.54) is 24.3 Å². The lowest BCUT2D eigenvalue weighted by molar-refractivity contribution is -0.123. The van der Waals surface area contributed by atoms with Crippen molar-refractivity contribution in [1.82, 2.24) is 10.6 Å². The zero-order valence-electron chi connectivity index (χ0n) is 22.7. The molecule has 2 amide bonds. The second kappa shape index (κ2) is 11.9. The number of amides is 2. The molecule has 218 valence electrons. The molecular formula is C29H35Cl2F2N3O4. The van der Waals surface area contributed by atoms with E-state index < -0.39 is 53.0 Å². The first kappa shape index (κ1) is 30.7. The molecule has 1 fully saturated rings. The first-order valence-electron chi connectivity index (χ1n) is 13.4. The number of carbonyl (C=O) groups is 2. The molecule has 2 aromatic carbocycles. The van der Waals surface area contributed by atoms with Crippen molar-refractivity contribution >= 4 is 40.7 Å². The fraction of sp³-hybridized carbons (Fsp3) is 0.517.